The van der Waals surface area contributed by atoms with Gasteiger partial charge in [-0.25, -0.2) is 9.80 Å². The van der Waals surface area contributed by atoms with Gasteiger partial charge in [0.2, 0.25) is 0 Å². The average molecular weight is 1010 g/mol. The van der Waals surface area contributed by atoms with Gasteiger partial charge in [-0.1, -0.05) is 206 Å². The van der Waals surface area contributed by atoms with Crippen LogP contribution >= 0.6 is 0 Å². The van der Waals surface area contributed by atoms with Crippen molar-refractivity contribution >= 4 is 45.8 Å². The van der Waals surface area contributed by atoms with Crippen molar-refractivity contribution in [3.05, 3.63) is 94.0 Å². The maximum atomic E-state index is 14.5. The first-order valence-electron chi connectivity index (χ1n) is 29.1. The lowest BCUT2D eigenvalue weighted by molar-refractivity contribution is 0.0872. The van der Waals surface area contributed by atoms with Gasteiger partial charge < -0.3 is 9.47 Å². The van der Waals surface area contributed by atoms with Gasteiger partial charge in [0.1, 0.15) is 11.5 Å². The maximum Gasteiger partial charge on any atom is 0.266 e. The van der Waals surface area contributed by atoms with E-state index in [2.05, 4.69) is 26.0 Å². The van der Waals surface area contributed by atoms with Gasteiger partial charge in [-0.05, 0) is 73.5 Å². The fraction of sp³-hybridized carbons (Fsp3) is 0.562. The number of nitrogens with zero attached hydrogens (tertiary/aromatic N) is 4. The Labute approximate surface area is 443 Å². The lowest BCUT2D eigenvalue weighted by Gasteiger charge is -2.32. The van der Waals surface area contributed by atoms with Crippen LogP contribution in [0.4, 0.5) is 11.4 Å². The Morgan fingerprint density at radius 2 is 0.595 bits per heavy atom. The molecular weight excluding hydrogens is 921 g/mol. The Morgan fingerprint density at radius 3 is 0.838 bits per heavy atom. The molecule has 396 valence electrons. The minimum atomic E-state index is -0.651. The van der Waals surface area contributed by atoms with Crippen LogP contribution in [0.2, 0.25) is 0 Å². The van der Waals surface area contributed by atoms with Crippen molar-refractivity contribution in [3.63, 3.8) is 0 Å². The van der Waals surface area contributed by atoms with Gasteiger partial charge in [0.25, 0.3) is 23.6 Å². The van der Waals surface area contributed by atoms with Gasteiger partial charge >= 0.3 is 0 Å². The minimum absolute atomic E-state index is 0.148. The van der Waals surface area contributed by atoms with E-state index in [0.717, 1.165) is 48.3 Å². The molecule has 4 aromatic carbocycles. The van der Waals surface area contributed by atoms with Crippen LogP contribution in [0.5, 0.6) is 11.5 Å². The van der Waals surface area contributed by atoms with Gasteiger partial charge in [-0.15, -0.1) is 0 Å². The fourth-order valence-corrected chi connectivity index (χ4v) is 10.7. The smallest absolute Gasteiger partial charge is 0.266 e. The molecule has 0 aliphatic carbocycles. The number of anilines is 2. The van der Waals surface area contributed by atoms with Crippen LogP contribution in [0.3, 0.4) is 0 Å². The number of amides is 4. The second kappa shape index (κ2) is 31.7. The third-order valence-electron chi connectivity index (χ3n) is 15.1. The zero-order valence-electron chi connectivity index (χ0n) is 45.1. The summed E-state index contributed by atoms with van der Waals surface area (Å²) < 4.78 is 12.5. The van der Waals surface area contributed by atoms with Crippen LogP contribution in [0.1, 0.15) is 272 Å². The van der Waals surface area contributed by atoms with Crippen molar-refractivity contribution in [1.82, 2.24) is 0 Å². The Bertz CT molecular complexity index is 2310. The maximum absolute atomic E-state index is 14.5. The summed E-state index contributed by atoms with van der Waals surface area (Å²) in [4.78, 5) is 60.2. The number of unbranched alkanes of at least 4 members (excludes halogenated alkanes) is 30. The zero-order chi connectivity index (χ0) is 52.3. The van der Waals surface area contributed by atoms with Crippen molar-refractivity contribution in [2.75, 3.05) is 23.0 Å². The van der Waals surface area contributed by atoms with Gasteiger partial charge in [-0.3, -0.25) is 19.2 Å². The van der Waals surface area contributed by atoms with E-state index in [1.54, 1.807) is 24.3 Å². The molecule has 0 saturated heterocycles. The van der Waals surface area contributed by atoms with E-state index in [1.807, 2.05) is 0 Å². The summed E-state index contributed by atoms with van der Waals surface area (Å²) in [6.45, 7) is 5.30. The number of imide groups is 2. The molecule has 10 nitrogen and oxygen atoms in total. The predicted molar refractivity (Wildman–Crippen MR) is 299 cm³/mol. The Morgan fingerprint density at radius 1 is 0.351 bits per heavy atom. The van der Waals surface area contributed by atoms with Crippen LogP contribution in [0.15, 0.2) is 60.7 Å². The normalized spacial score (nSPS) is 13.0. The third kappa shape index (κ3) is 16.0. The molecule has 0 radical (unpaired) electrons. The standard InChI is InChI=1S/C64H84N4O6/c1-3-5-7-9-11-13-15-17-19-21-23-25-27-29-31-33-43-73-57-41-35-49(47-65)45-55(57)67-61(69)51-37-39-53-60-54(40-38-52(59(51)60)62(67)70)64(72)68(63(53)71)56-46-50(48-66)36-42-58(56)74-44-34-32-30-28-26-24-22-20-18-16-14-12-10-8-6-4-2/h35-42,45-46H,3-34,43-44H2,1-2H3. The van der Waals surface area contributed by atoms with E-state index >= 15 is 0 Å². The molecule has 6 rings (SSSR count). The molecule has 4 amide bonds. The Kier molecular flexibility index (Phi) is 24.5. The molecule has 2 aliphatic rings. The molecule has 10 heteroatoms. The van der Waals surface area contributed by atoms with E-state index in [0.29, 0.717) is 24.7 Å². The largest absolute Gasteiger partial charge is 0.491 e. The summed E-state index contributed by atoms with van der Waals surface area (Å²) in [6.07, 6.45) is 40.3. The summed E-state index contributed by atoms with van der Waals surface area (Å²) in [5.74, 6) is -1.97. The second-order valence-corrected chi connectivity index (χ2v) is 20.9. The van der Waals surface area contributed by atoms with E-state index < -0.39 is 23.6 Å². The molecule has 74 heavy (non-hydrogen) atoms. The molecule has 4 aromatic rings. The SMILES string of the molecule is CCCCCCCCCCCCCCCCCCOc1ccc(C#N)cc1N1C(=O)c2ccc3c4c(ccc(c24)C1=O)C(=O)N(c1cc(C#N)ccc1OCCCCCCCCCCCCCCCCCC)C3=O. The second-order valence-electron chi connectivity index (χ2n) is 20.9. The summed E-state index contributed by atoms with van der Waals surface area (Å²) in [6, 6.07) is 19.8. The Hall–Kier alpha value is -6.00. The molecule has 0 fully saturated rings. The first-order valence-corrected chi connectivity index (χ1v) is 29.1. The van der Waals surface area contributed by atoms with Crippen LogP contribution in [0, 0.1) is 22.7 Å². The first-order chi connectivity index (χ1) is 36.3. The quantitative estimate of drug-likeness (QED) is 0.0319. The van der Waals surface area contributed by atoms with Crippen LogP contribution in [-0.2, 0) is 0 Å². The predicted octanol–water partition coefficient (Wildman–Crippen LogP) is 17.5. The molecule has 0 bridgehead atoms. The monoisotopic (exact) mass is 1000 g/mol. The van der Waals surface area contributed by atoms with Crippen molar-refractivity contribution < 1.29 is 28.7 Å². The highest BCUT2D eigenvalue weighted by molar-refractivity contribution is 6.42. The lowest BCUT2D eigenvalue weighted by atomic mass is 9.85. The molecule has 0 N–H and O–H groups in total. The molecule has 0 atom stereocenters. The van der Waals surface area contributed by atoms with Gasteiger partial charge in [0, 0.05) is 33.0 Å². The van der Waals surface area contributed by atoms with Crippen LogP contribution in [-0.4, -0.2) is 36.8 Å². The number of benzene rings is 4. The van der Waals surface area contributed by atoms with E-state index in [1.165, 1.54) is 203 Å². The molecule has 2 heterocycles. The molecular formula is C64H84N4O6. The zero-order valence-corrected chi connectivity index (χ0v) is 45.1. The van der Waals surface area contributed by atoms with E-state index in [-0.39, 0.29) is 55.5 Å². The number of ether oxygens (including phenoxy) is 2. The number of carbonyl (C=O) groups excluding carboxylic acids is 4. The van der Waals surface area contributed by atoms with Crippen molar-refractivity contribution in [2.24, 2.45) is 0 Å². The molecule has 0 spiro atoms. The fourth-order valence-electron chi connectivity index (χ4n) is 10.7. The number of hydrogen-bond acceptors (Lipinski definition) is 8. The highest BCUT2D eigenvalue weighted by Crippen LogP contribution is 2.43. The molecule has 0 saturated carbocycles. The van der Waals surface area contributed by atoms with Gasteiger partial charge in [0.15, 0.2) is 0 Å². The summed E-state index contributed by atoms with van der Waals surface area (Å²) in [5, 5.41) is 20.2. The van der Waals surface area contributed by atoms with Crippen molar-refractivity contribution in [2.45, 2.75) is 219 Å². The first kappa shape index (κ1) is 57.3. The number of rotatable bonds is 38. The molecule has 0 unspecified atom stereocenters. The Balaban J connectivity index is 1.01. The van der Waals surface area contributed by atoms with Gasteiger partial charge in [0.05, 0.1) is 47.9 Å². The highest BCUT2D eigenvalue weighted by Gasteiger charge is 2.42. The van der Waals surface area contributed by atoms with Crippen molar-refractivity contribution in [3.8, 4) is 23.6 Å². The minimum Gasteiger partial charge on any atom is -0.491 e. The lowest BCUT2D eigenvalue weighted by Crippen LogP contribution is -2.43. The average Bonchev–Trinajstić information content (AvgIpc) is 3.44. The molecule has 0 aromatic heterocycles. The number of nitriles is 2. The van der Waals surface area contributed by atoms with E-state index in [9.17, 15) is 29.7 Å². The number of hydrogen-bond donors (Lipinski definition) is 0. The molecule has 2 aliphatic heterocycles. The summed E-state index contributed by atoms with van der Waals surface area (Å²) in [7, 11) is 0. The highest BCUT2D eigenvalue weighted by atomic mass is 16.5. The van der Waals surface area contributed by atoms with Crippen molar-refractivity contribution in [1.29, 1.82) is 10.5 Å². The summed E-state index contributed by atoms with van der Waals surface area (Å²) >= 11 is 0. The number of carbonyl (C=O) groups is 4. The van der Waals surface area contributed by atoms with Crippen LogP contribution < -0.4 is 19.3 Å². The third-order valence-corrected chi connectivity index (χ3v) is 15.1. The van der Waals surface area contributed by atoms with E-state index in [4.69, 9.17) is 9.47 Å². The summed E-state index contributed by atoms with van der Waals surface area (Å²) in [5.41, 5.74) is 1.44. The topological polar surface area (TPSA) is 141 Å². The van der Waals surface area contributed by atoms with Gasteiger partial charge in [-0.2, -0.15) is 10.5 Å². The van der Waals surface area contributed by atoms with Crippen LogP contribution in [0.25, 0.3) is 10.8 Å².